The molecule has 2 aliphatic heterocycles. The van der Waals surface area contributed by atoms with Crippen LogP contribution in [-0.2, 0) is 36.5 Å². The quantitative estimate of drug-likeness (QED) is 0.0630. The summed E-state index contributed by atoms with van der Waals surface area (Å²) in [5.41, 5.74) is 1.18. The van der Waals surface area contributed by atoms with Crippen molar-refractivity contribution >= 4 is 52.2 Å². The van der Waals surface area contributed by atoms with Gasteiger partial charge in [-0.15, -0.1) is 0 Å². The summed E-state index contributed by atoms with van der Waals surface area (Å²) in [6.07, 6.45) is -2.28. The summed E-state index contributed by atoms with van der Waals surface area (Å²) < 4.78 is 58.4. The average molecular weight is 1010 g/mol. The summed E-state index contributed by atoms with van der Waals surface area (Å²) in [4.78, 5) is 62.5. The number of Topliss-reactive ketones (excluding diaryl/α,β-unsaturated/α-hetero) is 1. The van der Waals surface area contributed by atoms with Crippen LogP contribution in [0.2, 0.25) is 0 Å². The molecule has 3 atom stereocenters. The van der Waals surface area contributed by atoms with E-state index in [0.717, 1.165) is 45.0 Å². The van der Waals surface area contributed by atoms with E-state index in [1.54, 1.807) is 36.9 Å². The SMILES string of the molecule is Cc1ncoc1-c1ccc(CCC(=O)[C@@H]2C[C@@H](O)CN2C(=O)[C@@H](NC(=O)COCCCCOc2ccc(-c3ccc(N4C(=S)N(c5ccc(C#N)c(C(F)(F)F)c5)C(=O)C4(C)C)cc3)cc2)C(C)(C)C)cc1. The molecule has 5 aromatic rings. The Morgan fingerprint density at radius 2 is 1.57 bits per heavy atom. The van der Waals surface area contributed by atoms with Crippen molar-refractivity contribution in [2.24, 2.45) is 5.41 Å². The molecule has 0 bridgehead atoms. The molecule has 1 aromatic heterocycles. The smallest absolute Gasteiger partial charge is 0.417 e. The predicted molar refractivity (Wildman–Crippen MR) is 268 cm³/mol. The number of carbonyl (C=O) groups excluding carboxylic acids is 4. The summed E-state index contributed by atoms with van der Waals surface area (Å²) in [7, 11) is 0. The molecule has 2 fully saturated rings. The summed E-state index contributed by atoms with van der Waals surface area (Å²) in [5.74, 6) is -0.254. The number of nitrogens with zero attached hydrogens (tertiary/aromatic N) is 5. The number of aryl methyl sites for hydroxylation is 2. The number of benzene rings is 4. The van der Waals surface area contributed by atoms with Gasteiger partial charge in [0.15, 0.2) is 23.0 Å². The number of ether oxygens (including phenoxy) is 2. The number of nitrogens with one attached hydrogen (secondary N) is 1. The van der Waals surface area contributed by atoms with E-state index in [4.69, 9.17) is 26.1 Å². The number of aromatic nitrogens is 1. The minimum Gasteiger partial charge on any atom is -0.494 e. The maximum Gasteiger partial charge on any atom is 0.417 e. The summed E-state index contributed by atoms with van der Waals surface area (Å²) in [5, 5.41) is 22.6. The van der Waals surface area contributed by atoms with Crippen molar-refractivity contribution in [3.8, 4) is 34.3 Å². The van der Waals surface area contributed by atoms with Crippen molar-refractivity contribution in [3.63, 3.8) is 0 Å². The van der Waals surface area contributed by atoms with Gasteiger partial charge in [0.2, 0.25) is 11.8 Å². The van der Waals surface area contributed by atoms with E-state index in [1.165, 1.54) is 17.4 Å². The molecule has 14 nitrogen and oxygen atoms in total. The van der Waals surface area contributed by atoms with Crippen molar-refractivity contribution < 1.29 is 51.3 Å². The van der Waals surface area contributed by atoms with Crippen LogP contribution >= 0.6 is 12.2 Å². The standard InChI is InChI=1S/C54H57F3N6O8S/c1-33-47(71-32-59-33)37-12-9-34(10-13-37)11-24-45(65)44-28-41(64)30-61(44)49(67)48(52(2,3)4)60-46(66)31-69-25-7-8-26-70-42-22-17-36(18-23-42)35-14-19-39(20-15-35)63-51(72)62(50(68)53(63,5)6)40-21-16-38(29-58)43(27-40)54(55,56)57/h9-10,12-23,27,32,41,44,48,64H,7-8,11,24-26,28,30-31H2,1-6H3,(H,60,66)/t41-,44+,48-/m1/s1. The second kappa shape index (κ2) is 21.8. The van der Waals surface area contributed by atoms with E-state index in [1.807, 2.05) is 88.4 Å². The molecular weight excluding hydrogens is 950 g/mol. The lowest BCUT2D eigenvalue weighted by Gasteiger charge is -2.35. The van der Waals surface area contributed by atoms with Crippen LogP contribution in [0.3, 0.4) is 0 Å². The van der Waals surface area contributed by atoms with Crippen LogP contribution in [0.1, 0.15) is 82.7 Å². The van der Waals surface area contributed by atoms with Gasteiger partial charge in [0.05, 0.1) is 47.3 Å². The Balaban J connectivity index is 0.841. The second-order valence-corrected chi connectivity index (χ2v) is 19.9. The fourth-order valence-corrected chi connectivity index (χ4v) is 9.40. The molecule has 0 saturated carbocycles. The van der Waals surface area contributed by atoms with Gasteiger partial charge in [-0.1, -0.05) is 69.3 Å². The van der Waals surface area contributed by atoms with E-state index >= 15 is 0 Å². The van der Waals surface area contributed by atoms with E-state index in [9.17, 15) is 42.7 Å². The molecule has 2 saturated heterocycles. The average Bonchev–Trinajstić information content (AvgIpc) is 4.01. The molecule has 7 rings (SSSR count). The lowest BCUT2D eigenvalue weighted by Crippen LogP contribution is -2.57. The van der Waals surface area contributed by atoms with Gasteiger partial charge in [-0.05, 0) is 117 Å². The number of β-amino-alcohol motifs (C(OH)–C–C–N with tert-alkyl or cyclic N) is 1. The number of aliphatic hydroxyl groups excluding tert-OH is 1. The van der Waals surface area contributed by atoms with Crippen LogP contribution in [0.25, 0.3) is 22.5 Å². The van der Waals surface area contributed by atoms with Crippen LogP contribution in [0, 0.1) is 23.7 Å². The summed E-state index contributed by atoms with van der Waals surface area (Å²) in [6, 6.07) is 25.3. The molecule has 4 aromatic carbocycles. The van der Waals surface area contributed by atoms with Gasteiger partial charge >= 0.3 is 6.18 Å². The number of halogens is 3. The van der Waals surface area contributed by atoms with Gasteiger partial charge in [0.25, 0.3) is 5.91 Å². The molecule has 2 aliphatic rings. The first-order chi connectivity index (χ1) is 34.1. The number of hydrogen-bond acceptors (Lipinski definition) is 11. The number of anilines is 2. The lowest BCUT2D eigenvalue weighted by atomic mass is 9.85. The molecular formula is C54H57F3N6O8S. The number of carbonyl (C=O) groups is 4. The van der Waals surface area contributed by atoms with Crippen molar-refractivity contribution in [1.82, 2.24) is 15.2 Å². The Morgan fingerprint density at radius 1 is 0.944 bits per heavy atom. The molecule has 0 aliphatic carbocycles. The largest absolute Gasteiger partial charge is 0.494 e. The summed E-state index contributed by atoms with van der Waals surface area (Å²) in [6.45, 7) is 11.0. The fraction of sp³-hybridized carbons (Fsp3) is 0.389. The Labute approximate surface area is 421 Å². The maximum atomic E-state index is 14.0. The van der Waals surface area contributed by atoms with Crippen LogP contribution in [0.5, 0.6) is 5.75 Å². The monoisotopic (exact) mass is 1010 g/mol. The molecule has 378 valence electrons. The minimum absolute atomic E-state index is 0.00293. The number of amides is 3. The van der Waals surface area contributed by atoms with Crippen molar-refractivity contribution in [3.05, 3.63) is 120 Å². The number of alkyl halides is 3. The highest BCUT2D eigenvalue weighted by molar-refractivity contribution is 7.81. The third kappa shape index (κ3) is 11.9. The van der Waals surface area contributed by atoms with Gasteiger partial charge in [0, 0.05) is 37.2 Å². The number of ketones is 1. The first-order valence-corrected chi connectivity index (χ1v) is 24.0. The zero-order valence-electron chi connectivity index (χ0n) is 40.9. The highest BCUT2D eigenvalue weighted by Gasteiger charge is 2.51. The molecule has 0 spiro atoms. The zero-order valence-corrected chi connectivity index (χ0v) is 41.7. The van der Waals surface area contributed by atoms with E-state index in [2.05, 4.69) is 10.3 Å². The molecule has 3 heterocycles. The van der Waals surface area contributed by atoms with Crippen LogP contribution in [0.15, 0.2) is 102 Å². The molecule has 2 N–H and O–H groups in total. The fourth-order valence-electron chi connectivity index (χ4n) is 8.88. The number of likely N-dealkylation sites (tertiary alicyclic amines) is 1. The first-order valence-electron chi connectivity index (χ1n) is 23.6. The van der Waals surface area contributed by atoms with E-state index < -0.39 is 64.2 Å². The number of aliphatic hydroxyl groups is 1. The molecule has 0 unspecified atom stereocenters. The number of unbranched alkanes of at least 4 members (excludes halogenated alkanes) is 1. The topological polar surface area (TPSA) is 179 Å². The van der Waals surface area contributed by atoms with Crippen molar-refractivity contribution in [1.29, 1.82) is 5.26 Å². The van der Waals surface area contributed by atoms with Crippen molar-refractivity contribution in [2.45, 2.75) is 104 Å². The van der Waals surface area contributed by atoms with Crippen LogP contribution < -0.4 is 19.9 Å². The van der Waals surface area contributed by atoms with Crippen LogP contribution in [0.4, 0.5) is 24.5 Å². The van der Waals surface area contributed by atoms with Gasteiger partial charge in [-0.25, -0.2) is 4.98 Å². The second-order valence-electron chi connectivity index (χ2n) is 19.5. The lowest BCUT2D eigenvalue weighted by molar-refractivity contribution is -0.144. The Morgan fingerprint density at radius 3 is 2.18 bits per heavy atom. The maximum absolute atomic E-state index is 14.0. The predicted octanol–water partition coefficient (Wildman–Crippen LogP) is 8.99. The Bertz CT molecular complexity index is 2840. The van der Waals surface area contributed by atoms with Gasteiger partial charge in [-0.2, -0.15) is 18.4 Å². The zero-order chi connectivity index (χ0) is 52.1. The third-order valence-electron chi connectivity index (χ3n) is 12.8. The number of rotatable bonds is 18. The first kappa shape index (κ1) is 52.9. The normalized spacial score (nSPS) is 17.3. The summed E-state index contributed by atoms with van der Waals surface area (Å²) >= 11 is 5.67. The third-order valence-corrected chi connectivity index (χ3v) is 13.2. The number of oxazole rings is 1. The number of nitriles is 1. The van der Waals surface area contributed by atoms with Gasteiger partial charge < -0.3 is 34.1 Å². The van der Waals surface area contributed by atoms with Gasteiger partial charge in [-0.3, -0.25) is 24.1 Å². The molecule has 18 heteroatoms. The number of thiocarbonyl (C=S) groups is 1. The minimum atomic E-state index is -4.81. The Hall–Kier alpha value is -6.94. The van der Waals surface area contributed by atoms with Crippen LogP contribution in [-0.4, -0.2) is 93.7 Å². The highest BCUT2D eigenvalue weighted by Crippen LogP contribution is 2.40. The van der Waals surface area contributed by atoms with E-state index in [0.29, 0.717) is 43.1 Å². The number of hydrogen-bond donors (Lipinski definition) is 2. The van der Waals surface area contributed by atoms with E-state index in [-0.39, 0.29) is 49.2 Å². The van der Waals surface area contributed by atoms with Gasteiger partial charge in [0.1, 0.15) is 23.9 Å². The molecule has 3 amide bonds. The van der Waals surface area contributed by atoms with Crippen molar-refractivity contribution in [2.75, 3.05) is 36.2 Å². The Kier molecular flexibility index (Phi) is 16.0. The highest BCUT2D eigenvalue weighted by atomic mass is 32.1. The molecule has 0 radical (unpaired) electrons. The molecule has 72 heavy (non-hydrogen) atoms.